The molecule has 0 fully saturated rings. The number of aryl methyl sites for hydroxylation is 1. The lowest BCUT2D eigenvalue weighted by Crippen LogP contribution is -2.10. The van der Waals surface area contributed by atoms with Crippen molar-refractivity contribution < 1.29 is 14.3 Å². The second kappa shape index (κ2) is 6.76. The number of nitrogens with one attached hydrogen (secondary N) is 1. The summed E-state index contributed by atoms with van der Waals surface area (Å²) in [6, 6.07) is 12.2. The second-order valence-corrected chi connectivity index (χ2v) is 6.64. The molecule has 0 bridgehead atoms. The van der Waals surface area contributed by atoms with Crippen LogP contribution in [0.3, 0.4) is 0 Å². The van der Waals surface area contributed by atoms with Gasteiger partial charge in [0.25, 0.3) is 5.91 Å². The zero-order valence-electron chi connectivity index (χ0n) is 12.2. The van der Waals surface area contributed by atoms with Gasteiger partial charge in [0.15, 0.2) is 0 Å². The topological polar surface area (TPSA) is 55.4 Å². The number of benzene rings is 1. The molecule has 0 unspecified atom stereocenters. The predicted octanol–water partition coefficient (Wildman–Crippen LogP) is 4.59. The van der Waals surface area contributed by atoms with Gasteiger partial charge in [-0.15, -0.1) is 22.7 Å². The second-order valence-electron chi connectivity index (χ2n) is 4.78. The van der Waals surface area contributed by atoms with E-state index in [0.29, 0.717) is 21.2 Å². The average molecular weight is 343 g/mol. The van der Waals surface area contributed by atoms with E-state index in [9.17, 15) is 9.59 Å². The molecule has 0 atom stereocenters. The minimum atomic E-state index is -0.368. The molecule has 1 amide bonds. The van der Waals surface area contributed by atoms with Crippen LogP contribution in [0.25, 0.3) is 0 Å². The highest BCUT2D eigenvalue weighted by atomic mass is 32.1. The van der Waals surface area contributed by atoms with Crippen molar-refractivity contribution in [1.82, 2.24) is 0 Å². The maximum atomic E-state index is 12.0. The standard InChI is InChI=1S/C17H13NO3S2/c1-11-8-10-23-15(11)17(20)21-13-6-4-12(5-7-13)18-16(19)14-3-2-9-22-14/h2-10H,1H3,(H,18,19). The van der Waals surface area contributed by atoms with Crippen molar-refractivity contribution >= 4 is 40.2 Å². The van der Waals surface area contributed by atoms with Crippen LogP contribution in [0, 0.1) is 6.92 Å². The van der Waals surface area contributed by atoms with Gasteiger partial charge in [-0.05, 0) is 59.6 Å². The van der Waals surface area contributed by atoms with Crippen molar-refractivity contribution in [2.24, 2.45) is 0 Å². The Morgan fingerprint density at radius 2 is 1.78 bits per heavy atom. The number of ether oxygens (including phenoxy) is 1. The molecule has 4 nitrogen and oxygen atoms in total. The molecule has 2 heterocycles. The van der Waals surface area contributed by atoms with Gasteiger partial charge in [0.05, 0.1) is 4.88 Å². The van der Waals surface area contributed by atoms with Gasteiger partial charge in [0.2, 0.25) is 0 Å². The molecule has 1 aromatic carbocycles. The van der Waals surface area contributed by atoms with Gasteiger partial charge < -0.3 is 10.1 Å². The van der Waals surface area contributed by atoms with Crippen LogP contribution in [0.2, 0.25) is 0 Å². The molecule has 0 aliphatic carbocycles. The fourth-order valence-corrected chi connectivity index (χ4v) is 3.36. The SMILES string of the molecule is Cc1ccsc1C(=O)Oc1ccc(NC(=O)c2cccs2)cc1. The molecule has 3 aromatic rings. The van der Waals surface area contributed by atoms with Gasteiger partial charge in [-0.2, -0.15) is 0 Å². The van der Waals surface area contributed by atoms with Gasteiger partial charge in [-0.3, -0.25) is 4.79 Å². The number of thiophene rings is 2. The Morgan fingerprint density at radius 3 is 2.39 bits per heavy atom. The van der Waals surface area contributed by atoms with Crippen molar-refractivity contribution in [3.63, 3.8) is 0 Å². The number of carbonyl (C=O) groups excluding carboxylic acids is 2. The van der Waals surface area contributed by atoms with Crippen LogP contribution in [-0.2, 0) is 0 Å². The van der Waals surface area contributed by atoms with Crippen LogP contribution in [0.4, 0.5) is 5.69 Å². The first kappa shape index (κ1) is 15.5. The predicted molar refractivity (Wildman–Crippen MR) is 92.7 cm³/mol. The number of carbonyl (C=O) groups is 2. The van der Waals surface area contributed by atoms with Crippen LogP contribution >= 0.6 is 22.7 Å². The molecular weight excluding hydrogens is 330 g/mol. The molecule has 0 saturated carbocycles. The van der Waals surface area contributed by atoms with Crippen LogP contribution in [0.1, 0.15) is 24.9 Å². The number of esters is 1. The lowest BCUT2D eigenvalue weighted by molar-refractivity contribution is 0.0739. The van der Waals surface area contributed by atoms with Crippen molar-refractivity contribution in [1.29, 1.82) is 0 Å². The fourth-order valence-electron chi connectivity index (χ4n) is 1.94. The number of rotatable bonds is 4. The first-order valence-corrected chi connectivity index (χ1v) is 8.60. The third kappa shape index (κ3) is 3.67. The summed E-state index contributed by atoms with van der Waals surface area (Å²) >= 11 is 2.74. The van der Waals surface area contributed by atoms with Crippen LogP contribution in [0.15, 0.2) is 53.2 Å². The van der Waals surface area contributed by atoms with E-state index in [1.165, 1.54) is 22.7 Å². The summed E-state index contributed by atoms with van der Waals surface area (Å²) < 4.78 is 5.33. The van der Waals surface area contributed by atoms with Crippen molar-refractivity contribution in [2.75, 3.05) is 5.32 Å². The summed E-state index contributed by atoms with van der Waals surface area (Å²) in [5.41, 5.74) is 1.55. The minimum absolute atomic E-state index is 0.154. The number of amides is 1. The number of hydrogen-bond donors (Lipinski definition) is 1. The molecule has 0 spiro atoms. The Morgan fingerprint density at radius 1 is 1.00 bits per heavy atom. The van der Waals surface area contributed by atoms with E-state index in [1.54, 1.807) is 30.3 Å². The Balaban J connectivity index is 1.64. The monoisotopic (exact) mass is 343 g/mol. The third-order valence-electron chi connectivity index (χ3n) is 3.12. The normalized spacial score (nSPS) is 10.3. The van der Waals surface area contributed by atoms with Crippen molar-refractivity contribution in [3.05, 3.63) is 68.5 Å². The van der Waals surface area contributed by atoms with Crippen molar-refractivity contribution in [3.8, 4) is 5.75 Å². The summed E-state index contributed by atoms with van der Waals surface area (Å²) in [4.78, 5) is 25.2. The highest BCUT2D eigenvalue weighted by molar-refractivity contribution is 7.12. The maximum Gasteiger partial charge on any atom is 0.353 e. The smallest absolute Gasteiger partial charge is 0.353 e. The number of hydrogen-bond acceptors (Lipinski definition) is 5. The molecule has 3 rings (SSSR count). The lowest BCUT2D eigenvalue weighted by Gasteiger charge is -2.06. The molecular formula is C17H13NO3S2. The Kier molecular flexibility index (Phi) is 4.55. The summed E-state index contributed by atoms with van der Waals surface area (Å²) in [7, 11) is 0. The van der Waals surface area contributed by atoms with E-state index >= 15 is 0 Å². The Hall–Kier alpha value is -2.44. The van der Waals surface area contributed by atoms with E-state index in [0.717, 1.165) is 5.56 Å². The van der Waals surface area contributed by atoms with Crippen molar-refractivity contribution in [2.45, 2.75) is 6.92 Å². The highest BCUT2D eigenvalue weighted by Gasteiger charge is 2.13. The summed E-state index contributed by atoms with van der Waals surface area (Å²) in [5, 5.41) is 6.50. The zero-order valence-corrected chi connectivity index (χ0v) is 13.9. The summed E-state index contributed by atoms with van der Waals surface area (Å²) in [6.07, 6.45) is 0. The maximum absolute atomic E-state index is 12.0. The number of anilines is 1. The molecule has 0 aliphatic heterocycles. The van der Waals surface area contributed by atoms with E-state index in [4.69, 9.17) is 4.74 Å². The van der Waals surface area contributed by atoms with Gasteiger partial charge in [0.1, 0.15) is 10.6 Å². The summed E-state index contributed by atoms with van der Waals surface area (Å²) in [5.74, 6) is -0.0799. The van der Waals surface area contributed by atoms with Crippen LogP contribution < -0.4 is 10.1 Å². The van der Waals surface area contributed by atoms with E-state index in [-0.39, 0.29) is 11.9 Å². The first-order chi connectivity index (χ1) is 11.1. The average Bonchev–Trinajstić information content (AvgIpc) is 3.20. The minimum Gasteiger partial charge on any atom is -0.422 e. The van der Waals surface area contributed by atoms with Crippen LogP contribution in [-0.4, -0.2) is 11.9 Å². The van der Waals surface area contributed by atoms with Gasteiger partial charge in [0, 0.05) is 5.69 Å². The van der Waals surface area contributed by atoms with Gasteiger partial charge in [-0.1, -0.05) is 6.07 Å². The zero-order chi connectivity index (χ0) is 16.2. The summed E-state index contributed by atoms with van der Waals surface area (Å²) in [6.45, 7) is 1.87. The molecule has 0 saturated heterocycles. The molecule has 0 radical (unpaired) electrons. The molecule has 0 aliphatic rings. The lowest BCUT2D eigenvalue weighted by atomic mass is 10.3. The van der Waals surface area contributed by atoms with E-state index < -0.39 is 0 Å². The fraction of sp³-hybridized carbons (Fsp3) is 0.0588. The van der Waals surface area contributed by atoms with E-state index in [2.05, 4.69) is 5.32 Å². The molecule has 2 aromatic heterocycles. The Bertz CT molecular complexity index is 820. The van der Waals surface area contributed by atoms with Gasteiger partial charge in [-0.25, -0.2) is 4.79 Å². The van der Waals surface area contributed by atoms with E-state index in [1.807, 2.05) is 29.8 Å². The third-order valence-corrected chi connectivity index (χ3v) is 4.98. The Labute approximate surface area is 141 Å². The molecule has 23 heavy (non-hydrogen) atoms. The largest absolute Gasteiger partial charge is 0.422 e. The molecule has 1 N–H and O–H groups in total. The molecule has 116 valence electrons. The van der Waals surface area contributed by atoms with Crippen LogP contribution in [0.5, 0.6) is 5.75 Å². The highest BCUT2D eigenvalue weighted by Crippen LogP contribution is 2.21. The quantitative estimate of drug-likeness (QED) is 0.557. The molecule has 6 heteroatoms. The first-order valence-electron chi connectivity index (χ1n) is 6.84. The van der Waals surface area contributed by atoms with Gasteiger partial charge >= 0.3 is 5.97 Å².